The molecular formula is C24H22N6O. The van der Waals surface area contributed by atoms with Crippen molar-refractivity contribution in [1.82, 2.24) is 24.5 Å². The molecule has 1 aliphatic carbocycles. The zero-order valence-corrected chi connectivity index (χ0v) is 17.2. The van der Waals surface area contributed by atoms with E-state index in [2.05, 4.69) is 25.3 Å². The maximum Gasteiger partial charge on any atom is 0.272 e. The van der Waals surface area contributed by atoms with Gasteiger partial charge in [0.05, 0.1) is 11.9 Å². The number of hydrogen-bond acceptors (Lipinski definition) is 5. The van der Waals surface area contributed by atoms with Crippen molar-refractivity contribution in [2.24, 2.45) is 5.92 Å². The summed E-state index contributed by atoms with van der Waals surface area (Å²) in [6.45, 7) is 2.75. The number of nitrogens with zero attached hydrogens (tertiary/aromatic N) is 5. The minimum absolute atomic E-state index is 0.148. The second-order valence-corrected chi connectivity index (χ2v) is 7.89. The first kappa shape index (κ1) is 19.1. The van der Waals surface area contributed by atoms with Crippen molar-refractivity contribution >= 4 is 11.6 Å². The van der Waals surface area contributed by atoms with Crippen molar-refractivity contribution in [3.05, 3.63) is 78.9 Å². The van der Waals surface area contributed by atoms with Gasteiger partial charge in [-0.15, -0.1) is 0 Å². The third-order valence-electron chi connectivity index (χ3n) is 5.36. The molecule has 1 aliphatic rings. The van der Waals surface area contributed by atoms with Gasteiger partial charge in [-0.25, -0.2) is 9.97 Å². The van der Waals surface area contributed by atoms with Crippen molar-refractivity contribution in [2.75, 3.05) is 5.32 Å². The SMILES string of the molecule is Cc1ccc(NC(=O)c2cc(-c3cnc(-c4cccnc4)nc3)cn2CC2CC2)cn1. The van der Waals surface area contributed by atoms with E-state index >= 15 is 0 Å². The molecule has 5 rings (SSSR count). The summed E-state index contributed by atoms with van der Waals surface area (Å²) < 4.78 is 2.04. The Balaban J connectivity index is 1.42. The molecule has 0 saturated heterocycles. The fourth-order valence-corrected chi connectivity index (χ4v) is 3.45. The molecule has 4 heterocycles. The van der Waals surface area contributed by atoms with E-state index < -0.39 is 0 Å². The van der Waals surface area contributed by atoms with Crippen LogP contribution in [0.4, 0.5) is 5.69 Å². The number of carbonyl (C=O) groups excluding carboxylic acids is 1. The molecule has 4 aromatic rings. The zero-order chi connectivity index (χ0) is 21.2. The summed E-state index contributed by atoms with van der Waals surface area (Å²) in [6.07, 6.45) is 13.1. The molecule has 4 aromatic heterocycles. The minimum atomic E-state index is -0.148. The monoisotopic (exact) mass is 410 g/mol. The van der Waals surface area contributed by atoms with Gasteiger partial charge in [0.1, 0.15) is 5.69 Å². The number of nitrogens with one attached hydrogen (secondary N) is 1. The van der Waals surface area contributed by atoms with E-state index in [0.717, 1.165) is 28.9 Å². The Morgan fingerprint density at radius 3 is 2.55 bits per heavy atom. The maximum atomic E-state index is 13.0. The number of aromatic nitrogens is 5. The van der Waals surface area contributed by atoms with Crippen LogP contribution in [0.3, 0.4) is 0 Å². The van der Waals surface area contributed by atoms with Crippen LogP contribution in [0.1, 0.15) is 29.0 Å². The molecule has 154 valence electrons. The van der Waals surface area contributed by atoms with E-state index in [0.29, 0.717) is 23.1 Å². The molecule has 0 radical (unpaired) electrons. The van der Waals surface area contributed by atoms with Crippen LogP contribution in [0, 0.1) is 12.8 Å². The van der Waals surface area contributed by atoms with Gasteiger partial charge >= 0.3 is 0 Å². The molecule has 1 saturated carbocycles. The number of carbonyl (C=O) groups is 1. The Bertz CT molecular complexity index is 1200. The lowest BCUT2D eigenvalue weighted by Gasteiger charge is -2.09. The van der Waals surface area contributed by atoms with Gasteiger partial charge in [-0.05, 0) is 56.0 Å². The normalized spacial score (nSPS) is 13.2. The third kappa shape index (κ3) is 4.35. The maximum absolute atomic E-state index is 13.0. The second-order valence-electron chi connectivity index (χ2n) is 7.89. The number of pyridine rings is 2. The van der Waals surface area contributed by atoms with Crippen LogP contribution in [0.5, 0.6) is 0 Å². The summed E-state index contributed by atoms with van der Waals surface area (Å²) in [5, 5.41) is 2.95. The number of amides is 1. The smallest absolute Gasteiger partial charge is 0.272 e. The lowest BCUT2D eigenvalue weighted by atomic mass is 10.1. The van der Waals surface area contributed by atoms with Crippen molar-refractivity contribution < 1.29 is 4.79 Å². The Kier molecular flexibility index (Phi) is 5.00. The fraction of sp³-hybridized carbons (Fsp3) is 0.208. The van der Waals surface area contributed by atoms with Gasteiger partial charge in [-0.2, -0.15) is 0 Å². The highest BCUT2D eigenvalue weighted by Gasteiger charge is 2.25. The number of aryl methyl sites for hydroxylation is 1. The standard InChI is InChI=1S/C24H22N6O/c1-16-4-7-21(13-26-16)29-24(31)22-9-19(15-30(22)14-17-5-6-17)20-11-27-23(28-12-20)18-3-2-8-25-10-18/h2-4,7-13,15,17H,5-6,14H2,1H3,(H,29,31). The topological polar surface area (TPSA) is 85.6 Å². The highest BCUT2D eigenvalue weighted by atomic mass is 16.1. The molecule has 1 N–H and O–H groups in total. The van der Waals surface area contributed by atoms with E-state index in [9.17, 15) is 4.79 Å². The van der Waals surface area contributed by atoms with Crippen LogP contribution in [0.25, 0.3) is 22.5 Å². The van der Waals surface area contributed by atoms with Gasteiger partial charge in [0, 0.05) is 59.9 Å². The van der Waals surface area contributed by atoms with Gasteiger partial charge < -0.3 is 9.88 Å². The number of hydrogen-bond donors (Lipinski definition) is 1. The van der Waals surface area contributed by atoms with E-state index in [4.69, 9.17) is 0 Å². The molecule has 31 heavy (non-hydrogen) atoms. The highest BCUT2D eigenvalue weighted by molar-refractivity contribution is 6.04. The molecule has 1 fully saturated rings. The largest absolute Gasteiger partial charge is 0.343 e. The van der Waals surface area contributed by atoms with Gasteiger partial charge in [0.2, 0.25) is 0 Å². The molecule has 0 spiro atoms. The third-order valence-corrected chi connectivity index (χ3v) is 5.36. The van der Waals surface area contributed by atoms with Gasteiger partial charge in [0.25, 0.3) is 5.91 Å². The summed E-state index contributed by atoms with van der Waals surface area (Å²) >= 11 is 0. The van der Waals surface area contributed by atoms with Crippen molar-refractivity contribution in [3.8, 4) is 22.5 Å². The summed E-state index contributed by atoms with van der Waals surface area (Å²) in [4.78, 5) is 30.4. The lowest BCUT2D eigenvalue weighted by molar-refractivity contribution is 0.101. The van der Waals surface area contributed by atoms with Crippen molar-refractivity contribution in [3.63, 3.8) is 0 Å². The minimum Gasteiger partial charge on any atom is -0.343 e. The van der Waals surface area contributed by atoms with E-state index in [1.807, 2.05) is 48.0 Å². The van der Waals surface area contributed by atoms with Crippen LogP contribution >= 0.6 is 0 Å². The summed E-state index contributed by atoms with van der Waals surface area (Å²) in [6, 6.07) is 9.43. The summed E-state index contributed by atoms with van der Waals surface area (Å²) in [5.74, 6) is 1.11. The predicted molar refractivity (Wildman–Crippen MR) is 118 cm³/mol. The first-order chi connectivity index (χ1) is 15.2. The Hall–Kier alpha value is -3.87. The first-order valence-corrected chi connectivity index (χ1v) is 10.3. The number of anilines is 1. The Morgan fingerprint density at radius 2 is 1.87 bits per heavy atom. The van der Waals surface area contributed by atoms with Crippen LogP contribution in [-0.2, 0) is 6.54 Å². The zero-order valence-electron chi connectivity index (χ0n) is 17.2. The molecule has 7 heteroatoms. The molecule has 0 unspecified atom stereocenters. The molecule has 7 nitrogen and oxygen atoms in total. The second kappa shape index (κ2) is 8.10. The van der Waals surface area contributed by atoms with Crippen molar-refractivity contribution in [2.45, 2.75) is 26.3 Å². The number of rotatable bonds is 6. The van der Waals surface area contributed by atoms with Gasteiger partial charge in [-0.3, -0.25) is 14.8 Å². The van der Waals surface area contributed by atoms with E-state index in [1.54, 1.807) is 31.0 Å². The van der Waals surface area contributed by atoms with Crippen LogP contribution in [0.15, 0.2) is 67.5 Å². The van der Waals surface area contributed by atoms with E-state index in [1.165, 1.54) is 12.8 Å². The summed E-state index contributed by atoms with van der Waals surface area (Å²) in [7, 11) is 0. The molecule has 0 aliphatic heterocycles. The van der Waals surface area contributed by atoms with Crippen LogP contribution in [0.2, 0.25) is 0 Å². The lowest BCUT2D eigenvalue weighted by Crippen LogP contribution is -2.17. The quantitative estimate of drug-likeness (QED) is 0.510. The molecule has 0 aromatic carbocycles. The first-order valence-electron chi connectivity index (χ1n) is 10.3. The van der Waals surface area contributed by atoms with Gasteiger partial charge in [0.15, 0.2) is 5.82 Å². The Labute approximate surface area is 180 Å². The molecule has 1 amide bonds. The average molecular weight is 410 g/mol. The highest BCUT2D eigenvalue weighted by Crippen LogP contribution is 2.32. The molecular weight excluding hydrogens is 388 g/mol. The molecule has 0 bridgehead atoms. The average Bonchev–Trinajstić information content (AvgIpc) is 3.52. The van der Waals surface area contributed by atoms with Crippen LogP contribution in [-0.4, -0.2) is 30.4 Å². The van der Waals surface area contributed by atoms with Crippen molar-refractivity contribution in [1.29, 1.82) is 0 Å². The van der Waals surface area contributed by atoms with Gasteiger partial charge in [-0.1, -0.05) is 0 Å². The van der Waals surface area contributed by atoms with E-state index in [-0.39, 0.29) is 5.91 Å². The fourth-order valence-electron chi connectivity index (χ4n) is 3.45. The molecule has 0 atom stereocenters. The van der Waals surface area contributed by atoms with Crippen LogP contribution < -0.4 is 5.32 Å². The Morgan fingerprint density at radius 1 is 1.03 bits per heavy atom. The summed E-state index contributed by atoms with van der Waals surface area (Å²) in [5.41, 5.74) is 4.87. The predicted octanol–water partition coefficient (Wildman–Crippen LogP) is 4.37.